The fourth-order valence-electron chi connectivity index (χ4n) is 2.84. The molecule has 0 aliphatic heterocycles. The first-order chi connectivity index (χ1) is 11.8. The number of rotatable bonds is 4. The van der Waals surface area contributed by atoms with Crippen LogP contribution in [0.2, 0.25) is 0 Å². The summed E-state index contributed by atoms with van der Waals surface area (Å²) in [4.78, 5) is 8.99. The number of aromatic nitrogens is 3. The van der Waals surface area contributed by atoms with E-state index in [2.05, 4.69) is 9.97 Å². The minimum Gasteiger partial charge on any atom is -0.496 e. The summed E-state index contributed by atoms with van der Waals surface area (Å²) in [5, 5.41) is 2.84. The molecule has 5 nitrogen and oxygen atoms in total. The van der Waals surface area contributed by atoms with E-state index in [-0.39, 0.29) is 0 Å². The average Bonchev–Trinajstić information content (AvgIpc) is 3.29. The van der Waals surface area contributed by atoms with Crippen LogP contribution in [0.3, 0.4) is 0 Å². The van der Waals surface area contributed by atoms with E-state index in [0.717, 1.165) is 38.8 Å². The molecule has 0 radical (unpaired) electrons. The second kappa shape index (κ2) is 5.98. The third-order valence-electron chi connectivity index (χ3n) is 3.90. The number of ether oxygens (including phenoxy) is 2. The molecule has 4 aromatic rings. The van der Waals surface area contributed by atoms with Crippen molar-refractivity contribution in [3.8, 4) is 27.8 Å². The van der Waals surface area contributed by atoms with Gasteiger partial charge in [0.05, 0.1) is 30.8 Å². The molecule has 4 rings (SSSR count). The monoisotopic (exact) mass is 337 g/mol. The van der Waals surface area contributed by atoms with Crippen LogP contribution in [0.15, 0.2) is 54.3 Å². The summed E-state index contributed by atoms with van der Waals surface area (Å²) in [5.41, 5.74) is 3.75. The summed E-state index contributed by atoms with van der Waals surface area (Å²) in [6, 6.07) is 11.8. The molecule has 24 heavy (non-hydrogen) atoms. The first-order valence-electron chi connectivity index (χ1n) is 7.40. The molecule has 0 atom stereocenters. The molecular formula is C18H15N3O2S. The van der Waals surface area contributed by atoms with Crippen molar-refractivity contribution in [3.63, 3.8) is 0 Å². The number of benzene rings is 2. The first kappa shape index (κ1) is 14.7. The van der Waals surface area contributed by atoms with Crippen LogP contribution in [-0.2, 0) is 0 Å². The molecule has 0 fully saturated rings. The van der Waals surface area contributed by atoms with E-state index in [1.807, 2.05) is 46.3 Å². The van der Waals surface area contributed by atoms with Crippen LogP contribution in [0.4, 0.5) is 0 Å². The van der Waals surface area contributed by atoms with Crippen molar-refractivity contribution in [1.29, 1.82) is 0 Å². The quantitative estimate of drug-likeness (QED) is 0.561. The minimum absolute atomic E-state index is 0.755. The SMILES string of the molecule is COc1cccc(OC)c1-c1cccc2c1ncn2-c1nccs1. The summed E-state index contributed by atoms with van der Waals surface area (Å²) in [6.45, 7) is 0. The zero-order valence-corrected chi connectivity index (χ0v) is 14.1. The fraction of sp³-hybridized carbons (Fsp3) is 0.111. The lowest BCUT2D eigenvalue weighted by atomic mass is 10.0. The molecule has 2 aromatic heterocycles. The summed E-state index contributed by atoms with van der Waals surface area (Å²) < 4.78 is 13.1. The Morgan fingerprint density at radius 1 is 0.958 bits per heavy atom. The molecule has 0 saturated carbocycles. The van der Waals surface area contributed by atoms with Crippen LogP contribution < -0.4 is 9.47 Å². The average molecular weight is 337 g/mol. The van der Waals surface area contributed by atoms with Crippen molar-refractivity contribution in [2.24, 2.45) is 0 Å². The number of nitrogens with zero attached hydrogens (tertiary/aromatic N) is 3. The van der Waals surface area contributed by atoms with Gasteiger partial charge < -0.3 is 9.47 Å². The Morgan fingerprint density at radius 3 is 2.38 bits per heavy atom. The predicted molar refractivity (Wildman–Crippen MR) is 95.3 cm³/mol. The number of hydrogen-bond acceptors (Lipinski definition) is 5. The number of imidazole rings is 1. The van der Waals surface area contributed by atoms with Crippen LogP contribution in [0, 0.1) is 0 Å². The molecule has 0 N–H and O–H groups in total. The Labute approximate surface area is 143 Å². The largest absolute Gasteiger partial charge is 0.496 e. The number of fused-ring (bicyclic) bond motifs is 1. The second-order valence-corrected chi connectivity index (χ2v) is 6.01. The summed E-state index contributed by atoms with van der Waals surface area (Å²) in [5.74, 6) is 1.51. The lowest BCUT2D eigenvalue weighted by Gasteiger charge is -2.13. The molecule has 120 valence electrons. The van der Waals surface area contributed by atoms with E-state index in [1.165, 1.54) is 0 Å². The second-order valence-electron chi connectivity index (χ2n) is 5.14. The van der Waals surface area contributed by atoms with E-state index in [9.17, 15) is 0 Å². The van der Waals surface area contributed by atoms with Crippen molar-refractivity contribution >= 4 is 22.4 Å². The van der Waals surface area contributed by atoms with Crippen molar-refractivity contribution in [2.45, 2.75) is 0 Å². The van der Waals surface area contributed by atoms with Crippen LogP contribution >= 0.6 is 11.3 Å². The van der Waals surface area contributed by atoms with Crippen molar-refractivity contribution < 1.29 is 9.47 Å². The van der Waals surface area contributed by atoms with E-state index in [0.29, 0.717) is 0 Å². The van der Waals surface area contributed by atoms with E-state index >= 15 is 0 Å². The standard InChI is InChI=1S/C18H15N3O2S/c1-22-14-7-4-8-15(23-2)16(14)12-5-3-6-13-17(12)20-11-21(13)18-19-9-10-24-18/h3-11H,1-2H3. The topological polar surface area (TPSA) is 49.2 Å². The number of hydrogen-bond donors (Lipinski definition) is 0. The lowest BCUT2D eigenvalue weighted by molar-refractivity contribution is 0.397. The van der Waals surface area contributed by atoms with Gasteiger partial charge in [-0.2, -0.15) is 0 Å². The Morgan fingerprint density at radius 2 is 1.71 bits per heavy atom. The van der Waals surface area contributed by atoms with Gasteiger partial charge in [-0.25, -0.2) is 9.97 Å². The molecule has 0 aliphatic carbocycles. The van der Waals surface area contributed by atoms with Gasteiger partial charge in [0.25, 0.3) is 0 Å². The maximum atomic E-state index is 5.55. The zero-order valence-electron chi connectivity index (χ0n) is 13.3. The fourth-order valence-corrected chi connectivity index (χ4v) is 3.47. The predicted octanol–water partition coefficient (Wildman–Crippen LogP) is 4.17. The Balaban J connectivity index is 2.00. The molecule has 0 amide bonds. The van der Waals surface area contributed by atoms with Gasteiger partial charge in [-0.05, 0) is 18.2 Å². The highest BCUT2D eigenvalue weighted by Crippen LogP contribution is 2.41. The van der Waals surface area contributed by atoms with Crippen LogP contribution in [0.25, 0.3) is 27.3 Å². The lowest BCUT2D eigenvalue weighted by Crippen LogP contribution is -1.94. The summed E-state index contributed by atoms with van der Waals surface area (Å²) in [7, 11) is 3.32. The highest BCUT2D eigenvalue weighted by molar-refractivity contribution is 7.12. The van der Waals surface area contributed by atoms with E-state index < -0.39 is 0 Å². The maximum Gasteiger partial charge on any atom is 0.195 e. The molecule has 0 aliphatic rings. The smallest absolute Gasteiger partial charge is 0.195 e. The maximum absolute atomic E-state index is 5.55. The van der Waals surface area contributed by atoms with Gasteiger partial charge in [0.15, 0.2) is 5.13 Å². The molecule has 0 spiro atoms. The van der Waals surface area contributed by atoms with Gasteiger partial charge in [-0.3, -0.25) is 4.57 Å². The molecule has 0 unspecified atom stereocenters. The molecule has 0 bridgehead atoms. The van der Waals surface area contributed by atoms with Gasteiger partial charge in [0.2, 0.25) is 0 Å². The molecule has 2 heterocycles. The number of methoxy groups -OCH3 is 2. The van der Waals surface area contributed by atoms with Crippen LogP contribution in [-0.4, -0.2) is 28.8 Å². The van der Waals surface area contributed by atoms with Gasteiger partial charge in [-0.15, -0.1) is 11.3 Å². The van der Waals surface area contributed by atoms with Crippen LogP contribution in [0.5, 0.6) is 11.5 Å². The van der Waals surface area contributed by atoms with E-state index in [1.54, 1.807) is 38.1 Å². The van der Waals surface area contributed by atoms with Gasteiger partial charge in [0.1, 0.15) is 17.8 Å². The highest BCUT2D eigenvalue weighted by Gasteiger charge is 2.17. The van der Waals surface area contributed by atoms with Crippen LogP contribution in [0.1, 0.15) is 0 Å². The Bertz CT molecular complexity index is 971. The van der Waals surface area contributed by atoms with E-state index in [4.69, 9.17) is 9.47 Å². The molecule has 2 aromatic carbocycles. The number of para-hydroxylation sites is 1. The minimum atomic E-state index is 0.755. The van der Waals surface area contributed by atoms with Gasteiger partial charge >= 0.3 is 0 Å². The summed E-state index contributed by atoms with van der Waals surface area (Å²) >= 11 is 1.57. The van der Waals surface area contributed by atoms with Gasteiger partial charge in [-0.1, -0.05) is 18.2 Å². The zero-order chi connectivity index (χ0) is 16.5. The normalized spacial score (nSPS) is 10.9. The molecule has 0 saturated heterocycles. The van der Waals surface area contributed by atoms with Crippen molar-refractivity contribution in [3.05, 3.63) is 54.3 Å². The molecular weight excluding hydrogens is 322 g/mol. The summed E-state index contributed by atoms with van der Waals surface area (Å²) in [6.07, 6.45) is 3.59. The third kappa shape index (κ3) is 2.23. The van der Waals surface area contributed by atoms with Crippen molar-refractivity contribution in [2.75, 3.05) is 14.2 Å². The Hall–Kier alpha value is -2.86. The Kier molecular flexibility index (Phi) is 3.66. The van der Waals surface area contributed by atoms with Gasteiger partial charge in [0, 0.05) is 17.1 Å². The molecule has 6 heteroatoms. The number of thiazole rings is 1. The third-order valence-corrected chi connectivity index (χ3v) is 4.67. The van der Waals surface area contributed by atoms with Crippen molar-refractivity contribution in [1.82, 2.24) is 14.5 Å². The first-order valence-corrected chi connectivity index (χ1v) is 8.28. The highest BCUT2D eigenvalue weighted by atomic mass is 32.1.